The highest BCUT2D eigenvalue weighted by molar-refractivity contribution is 5.91. The van der Waals surface area contributed by atoms with Crippen molar-refractivity contribution in [1.82, 2.24) is 0 Å². The average molecular weight is 248 g/mol. The first kappa shape index (κ1) is 14.4. The number of halogens is 2. The topological polar surface area (TPSA) is 83.6 Å². The predicted molar refractivity (Wildman–Crippen MR) is 59.4 cm³/mol. The molecule has 0 saturated heterocycles. The lowest BCUT2D eigenvalue weighted by molar-refractivity contribution is 0.0693. The molecule has 0 bridgehead atoms. The minimum Gasteiger partial charge on any atom is -0.507 e. The van der Waals surface area contributed by atoms with Crippen LogP contribution in [-0.2, 0) is 0 Å². The fraction of sp³-hybridized carbons (Fsp3) is 0.100. The number of nitrogens with two attached hydrogens (primary N) is 1. The molecule has 0 fully saturated rings. The summed E-state index contributed by atoms with van der Waals surface area (Å²) in [5, 5.41) is 18.2. The fourth-order valence-electron chi connectivity index (χ4n) is 1.16. The zero-order valence-corrected chi connectivity index (χ0v) is 9.00. The van der Waals surface area contributed by atoms with Crippen molar-refractivity contribution < 1.29 is 19.4 Å². The molecule has 6 heteroatoms. The highest BCUT2D eigenvalue weighted by atomic mass is 35.5. The Hall–Kier alpha value is -1.59. The average Bonchev–Trinajstić information content (AvgIpc) is 2.19. The molecule has 0 aliphatic carbocycles. The van der Waals surface area contributed by atoms with Crippen LogP contribution < -0.4 is 5.73 Å². The second-order valence-electron chi connectivity index (χ2n) is 2.96. The second kappa shape index (κ2) is 5.48. The van der Waals surface area contributed by atoms with E-state index in [-0.39, 0.29) is 18.0 Å². The number of aromatic hydroxyl groups is 1. The molecule has 4 N–H and O–H groups in total. The second-order valence-corrected chi connectivity index (χ2v) is 2.96. The smallest absolute Gasteiger partial charge is 0.339 e. The van der Waals surface area contributed by atoms with E-state index in [1.54, 1.807) is 0 Å². The summed E-state index contributed by atoms with van der Waals surface area (Å²) in [6, 6.07) is 0.907. The third-order valence-electron chi connectivity index (χ3n) is 1.95. The Kier molecular flexibility index (Phi) is 4.94. The summed E-state index contributed by atoms with van der Waals surface area (Å²) in [6.45, 7) is 3.38. The number of phenols is 1. The summed E-state index contributed by atoms with van der Waals surface area (Å²) in [4.78, 5) is 10.6. The Balaban J connectivity index is 0.00000225. The monoisotopic (exact) mass is 247 g/mol. The van der Waals surface area contributed by atoms with Gasteiger partial charge in [0, 0.05) is 5.56 Å². The Bertz CT molecular complexity index is 423. The minimum absolute atomic E-state index is 0. The van der Waals surface area contributed by atoms with E-state index >= 15 is 0 Å². The third-order valence-corrected chi connectivity index (χ3v) is 1.95. The number of carboxylic acids is 1. The zero-order chi connectivity index (χ0) is 11.6. The van der Waals surface area contributed by atoms with Crippen molar-refractivity contribution in [3.05, 3.63) is 41.7 Å². The maximum Gasteiger partial charge on any atom is 0.339 e. The van der Waals surface area contributed by atoms with E-state index in [1.165, 1.54) is 6.08 Å². The van der Waals surface area contributed by atoms with Crippen molar-refractivity contribution in [1.29, 1.82) is 0 Å². The molecule has 1 aromatic rings. The van der Waals surface area contributed by atoms with Crippen LogP contribution in [0.25, 0.3) is 0 Å². The van der Waals surface area contributed by atoms with Crippen molar-refractivity contribution in [2.45, 2.75) is 6.04 Å². The Morgan fingerprint density at radius 2 is 2.12 bits per heavy atom. The molecular formula is C10H11ClFNO3. The predicted octanol–water partition coefficient (Wildman–Crippen LogP) is 1.84. The molecule has 0 unspecified atom stereocenters. The quantitative estimate of drug-likeness (QED) is 0.712. The molecular weight excluding hydrogens is 237 g/mol. The van der Waals surface area contributed by atoms with Gasteiger partial charge < -0.3 is 15.9 Å². The van der Waals surface area contributed by atoms with Gasteiger partial charge in [-0.15, -0.1) is 19.0 Å². The molecule has 16 heavy (non-hydrogen) atoms. The summed E-state index contributed by atoms with van der Waals surface area (Å²) < 4.78 is 13.0. The highest BCUT2D eigenvalue weighted by Crippen LogP contribution is 2.28. The summed E-state index contributed by atoms with van der Waals surface area (Å²) >= 11 is 0. The molecule has 88 valence electrons. The van der Waals surface area contributed by atoms with Gasteiger partial charge in [0.2, 0.25) is 0 Å². The van der Waals surface area contributed by atoms with Gasteiger partial charge in [0.05, 0.1) is 6.04 Å². The van der Waals surface area contributed by atoms with E-state index in [2.05, 4.69) is 6.58 Å². The number of hydrogen-bond donors (Lipinski definition) is 3. The zero-order valence-electron chi connectivity index (χ0n) is 8.18. The summed E-state index contributed by atoms with van der Waals surface area (Å²) in [7, 11) is 0. The van der Waals surface area contributed by atoms with Gasteiger partial charge in [-0.25, -0.2) is 9.18 Å². The summed E-state index contributed by atoms with van der Waals surface area (Å²) in [5.41, 5.74) is 4.99. The number of carboxylic acid groups (broad SMARTS) is 1. The number of benzene rings is 1. The van der Waals surface area contributed by atoms with Crippen LogP contribution in [0.4, 0.5) is 4.39 Å². The minimum atomic E-state index is -1.41. The Morgan fingerprint density at radius 1 is 1.56 bits per heavy atom. The van der Waals surface area contributed by atoms with Crippen molar-refractivity contribution in [3.8, 4) is 5.75 Å². The van der Waals surface area contributed by atoms with Crippen LogP contribution in [0.2, 0.25) is 0 Å². The first-order chi connectivity index (χ1) is 6.97. The molecule has 1 atom stereocenters. The Morgan fingerprint density at radius 3 is 2.56 bits per heavy atom. The van der Waals surface area contributed by atoms with Gasteiger partial charge in [0.15, 0.2) is 0 Å². The summed E-state index contributed by atoms with van der Waals surface area (Å²) in [5.74, 6) is -2.71. The first-order valence-corrected chi connectivity index (χ1v) is 4.11. The molecule has 4 nitrogen and oxygen atoms in total. The molecule has 0 spiro atoms. The lowest BCUT2D eigenvalue weighted by atomic mass is 10.0. The van der Waals surface area contributed by atoms with Crippen LogP contribution in [0, 0.1) is 5.82 Å². The van der Waals surface area contributed by atoms with Crippen LogP contribution in [0.15, 0.2) is 24.8 Å². The first-order valence-electron chi connectivity index (χ1n) is 4.11. The van der Waals surface area contributed by atoms with E-state index in [4.69, 9.17) is 10.8 Å². The van der Waals surface area contributed by atoms with Crippen LogP contribution in [-0.4, -0.2) is 16.2 Å². The van der Waals surface area contributed by atoms with Crippen molar-refractivity contribution in [2.24, 2.45) is 5.73 Å². The van der Waals surface area contributed by atoms with Crippen molar-refractivity contribution in [2.75, 3.05) is 0 Å². The molecule has 0 aliphatic heterocycles. The third kappa shape index (κ3) is 2.71. The molecule has 0 saturated carbocycles. The van der Waals surface area contributed by atoms with Gasteiger partial charge >= 0.3 is 5.97 Å². The van der Waals surface area contributed by atoms with Gasteiger partial charge in [0.25, 0.3) is 0 Å². The molecule has 0 heterocycles. The number of carbonyl (C=O) groups is 1. The van der Waals surface area contributed by atoms with Gasteiger partial charge in [-0.05, 0) is 12.1 Å². The molecule has 0 amide bonds. The van der Waals surface area contributed by atoms with Crippen LogP contribution in [0.5, 0.6) is 5.75 Å². The highest BCUT2D eigenvalue weighted by Gasteiger charge is 2.18. The molecule has 0 aromatic heterocycles. The maximum absolute atomic E-state index is 13.0. The lowest BCUT2D eigenvalue weighted by Crippen LogP contribution is -2.09. The molecule has 0 radical (unpaired) electrons. The normalized spacial score (nSPS) is 11.4. The molecule has 0 aliphatic rings. The maximum atomic E-state index is 13.0. The number of rotatable bonds is 3. The number of aromatic carboxylic acids is 1. The SMILES string of the molecule is C=C[C@H](N)c1cc(F)cc(C(=O)O)c1O.Cl. The largest absolute Gasteiger partial charge is 0.507 e. The summed E-state index contributed by atoms with van der Waals surface area (Å²) in [6.07, 6.45) is 1.28. The lowest BCUT2D eigenvalue weighted by Gasteiger charge is -2.11. The molecule has 1 rings (SSSR count). The van der Waals surface area contributed by atoms with Gasteiger partial charge in [0.1, 0.15) is 17.1 Å². The van der Waals surface area contributed by atoms with Crippen LogP contribution in [0.1, 0.15) is 22.0 Å². The fourth-order valence-corrected chi connectivity index (χ4v) is 1.16. The van der Waals surface area contributed by atoms with Crippen molar-refractivity contribution in [3.63, 3.8) is 0 Å². The molecule has 1 aromatic carbocycles. The van der Waals surface area contributed by atoms with Gasteiger partial charge in [-0.3, -0.25) is 0 Å². The van der Waals surface area contributed by atoms with Crippen LogP contribution >= 0.6 is 12.4 Å². The van der Waals surface area contributed by atoms with E-state index in [9.17, 15) is 14.3 Å². The standard InChI is InChI=1S/C10H10FNO3.ClH/c1-2-8(12)6-3-5(11)4-7(9(6)13)10(14)15;/h2-4,8,13H,1,12H2,(H,14,15);1H/t8-;/m0./s1. The van der Waals surface area contributed by atoms with Crippen molar-refractivity contribution >= 4 is 18.4 Å². The van der Waals surface area contributed by atoms with E-state index < -0.39 is 29.1 Å². The van der Waals surface area contributed by atoms with Gasteiger partial charge in [-0.2, -0.15) is 0 Å². The van der Waals surface area contributed by atoms with E-state index in [0.717, 1.165) is 12.1 Å². The Labute approximate surface area is 97.6 Å². The van der Waals surface area contributed by atoms with Gasteiger partial charge in [-0.1, -0.05) is 6.08 Å². The number of hydrogen-bond acceptors (Lipinski definition) is 3. The van der Waals surface area contributed by atoms with E-state index in [0.29, 0.717) is 0 Å². The van der Waals surface area contributed by atoms with E-state index in [1.807, 2.05) is 0 Å². The van der Waals surface area contributed by atoms with Crippen LogP contribution in [0.3, 0.4) is 0 Å².